The van der Waals surface area contributed by atoms with Crippen LogP contribution in [0.4, 0.5) is 0 Å². The number of nitrogens with zero attached hydrogens (tertiary/aromatic N) is 2. The Balaban J connectivity index is 2.31. The number of rotatable bonds is 6. The molecule has 0 aliphatic heterocycles. The van der Waals surface area contributed by atoms with Gasteiger partial charge in [-0.1, -0.05) is 5.16 Å². The fraction of sp³-hybridized carbons (Fsp3) is 0.385. The molecule has 0 saturated carbocycles. The second-order valence-electron chi connectivity index (χ2n) is 4.15. The molecule has 1 atom stereocenters. The lowest BCUT2D eigenvalue weighted by Gasteiger charge is -2.05. The number of hydrogen-bond acceptors (Lipinski definition) is 7. The molecule has 0 spiro atoms. The Morgan fingerprint density at radius 2 is 1.90 bits per heavy atom. The Bertz CT molecular complexity index is 548. The molecule has 0 aliphatic rings. The van der Waals surface area contributed by atoms with Gasteiger partial charge in [-0.3, -0.25) is 0 Å². The maximum Gasteiger partial charge on any atom is 0.255 e. The molecule has 0 radical (unpaired) electrons. The lowest BCUT2D eigenvalue weighted by atomic mass is 10.2. The molecule has 20 heavy (non-hydrogen) atoms. The van der Waals surface area contributed by atoms with Crippen molar-refractivity contribution in [2.75, 3.05) is 20.8 Å². The number of aromatic nitrogens is 2. The van der Waals surface area contributed by atoms with Gasteiger partial charge in [0.15, 0.2) is 0 Å². The predicted octanol–water partition coefficient (Wildman–Crippen LogP) is 1.14. The van der Waals surface area contributed by atoms with E-state index in [1.807, 2.05) is 0 Å². The summed E-state index contributed by atoms with van der Waals surface area (Å²) >= 11 is 0. The highest BCUT2D eigenvalue weighted by Crippen LogP contribution is 2.28. The molecule has 1 aromatic carbocycles. The quantitative estimate of drug-likeness (QED) is 0.817. The summed E-state index contributed by atoms with van der Waals surface area (Å²) in [6, 6.07) is 5.26. The first-order chi connectivity index (χ1) is 9.67. The number of hydrogen-bond donors (Lipinski definition) is 2. The van der Waals surface area contributed by atoms with Crippen LogP contribution in [0.5, 0.6) is 11.5 Å². The van der Waals surface area contributed by atoms with Gasteiger partial charge in [0, 0.05) is 11.6 Å². The Kier molecular flexibility index (Phi) is 4.54. The maximum absolute atomic E-state index is 9.76. The fourth-order valence-electron chi connectivity index (χ4n) is 1.71. The zero-order chi connectivity index (χ0) is 14.5. The Morgan fingerprint density at radius 1 is 1.25 bits per heavy atom. The van der Waals surface area contributed by atoms with E-state index in [0.717, 1.165) is 0 Å². The summed E-state index contributed by atoms with van der Waals surface area (Å²) < 4.78 is 15.4. The molecule has 0 saturated heterocycles. The summed E-state index contributed by atoms with van der Waals surface area (Å²) in [7, 11) is 3.12. The van der Waals surface area contributed by atoms with Gasteiger partial charge in [0.05, 0.1) is 14.2 Å². The molecule has 0 amide bonds. The molecule has 108 valence electrons. The lowest BCUT2D eigenvalue weighted by molar-refractivity contribution is 0.127. The van der Waals surface area contributed by atoms with Crippen molar-refractivity contribution < 1.29 is 19.1 Å². The minimum atomic E-state index is -0.853. The molecule has 1 heterocycles. The van der Waals surface area contributed by atoms with Crippen LogP contribution in [-0.4, -0.2) is 36.0 Å². The van der Waals surface area contributed by atoms with Crippen molar-refractivity contribution in [1.29, 1.82) is 0 Å². The van der Waals surface area contributed by atoms with Crippen LogP contribution in [0.15, 0.2) is 22.7 Å². The van der Waals surface area contributed by atoms with E-state index in [4.69, 9.17) is 19.7 Å². The summed E-state index contributed by atoms with van der Waals surface area (Å²) in [5.41, 5.74) is 6.05. The van der Waals surface area contributed by atoms with Gasteiger partial charge in [-0.15, -0.1) is 0 Å². The van der Waals surface area contributed by atoms with Crippen LogP contribution in [0.1, 0.15) is 18.4 Å². The van der Waals surface area contributed by atoms with Crippen LogP contribution >= 0.6 is 0 Å². The molecular formula is C13H17N3O4. The first-order valence-corrected chi connectivity index (χ1v) is 6.13. The summed E-state index contributed by atoms with van der Waals surface area (Å²) in [5.74, 6) is 1.74. The van der Waals surface area contributed by atoms with Crippen molar-refractivity contribution >= 4 is 0 Å². The zero-order valence-corrected chi connectivity index (χ0v) is 11.4. The molecule has 0 aliphatic carbocycles. The van der Waals surface area contributed by atoms with Crippen LogP contribution in [-0.2, 0) is 0 Å². The number of aliphatic hydroxyl groups excluding tert-OH is 1. The third-order valence-electron chi connectivity index (χ3n) is 2.78. The van der Waals surface area contributed by atoms with Gasteiger partial charge in [0.1, 0.15) is 17.6 Å². The van der Waals surface area contributed by atoms with Gasteiger partial charge in [-0.25, -0.2) is 0 Å². The van der Waals surface area contributed by atoms with E-state index in [9.17, 15) is 5.11 Å². The van der Waals surface area contributed by atoms with Gasteiger partial charge in [0.2, 0.25) is 5.82 Å². The van der Waals surface area contributed by atoms with Crippen LogP contribution in [0.25, 0.3) is 11.4 Å². The smallest absolute Gasteiger partial charge is 0.255 e. The first kappa shape index (κ1) is 14.3. The second-order valence-corrected chi connectivity index (χ2v) is 4.15. The van der Waals surface area contributed by atoms with Gasteiger partial charge in [0.25, 0.3) is 5.89 Å². The molecule has 7 nitrogen and oxygen atoms in total. The Hall–Kier alpha value is -2.12. The normalized spacial score (nSPS) is 12.2. The van der Waals surface area contributed by atoms with Gasteiger partial charge < -0.3 is 24.8 Å². The van der Waals surface area contributed by atoms with Gasteiger partial charge in [-0.2, -0.15) is 4.98 Å². The average Bonchev–Trinajstić information content (AvgIpc) is 2.97. The molecule has 7 heteroatoms. The summed E-state index contributed by atoms with van der Waals surface area (Å²) in [4.78, 5) is 4.16. The molecule has 0 fully saturated rings. The molecule has 0 unspecified atom stereocenters. The van der Waals surface area contributed by atoms with Gasteiger partial charge >= 0.3 is 0 Å². The maximum atomic E-state index is 9.76. The van der Waals surface area contributed by atoms with E-state index in [2.05, 4.69) is 10.1 Å². The third-order valence-corrected chi connectivity index (χ3v) is 2.78. The summed E-state index contributed by atoms with van der Waals surface area (Å²) in [6.07, 6.45) is -0.489. The molecule has 0 bridgehead atoms. The molecule has 1 aromatic heterocycles. The topological polar surface area (TPSA) is 104 Å². The highest BCUT2D eigenvalue weighted by atomic mass is 16.5. The monoisotopic (exact) mass is 279 g/mol. The van der Waals surface area contributed by atoms with E-state index in [1.165, 1.54) is 0 Å². The zero-order valence-electron chi connectivity index (χ0n) is 11.4. The molecule has 3 N–H and O–H groups in total. The minimum absolute atomic E-state index is 0.146. The number of aliphatic hydroxyl groups is 1. The summed E-state index contributed by atoms with van der Waals surface area (Å²) in [5, 5.41) is 13.6. The van der Waals surface area contributed by atoms with E-state index in [-0.39, 0.29) is 5.89 Å². The number of nitrogens with two attached hydrogens (primary N) is 1. The number of ether oxygens (including phenoxy) is 2. The van der Waals surface area contributed by atoms with E-state index < -0.39 is 6.10 Å². The van der Waals surface area contributed by atoms with Crippen molar-refractivity contribution in [1.82, 2.24) is 10.1 Å². The fourth-order valence-corrected chi connectivity index (χ4v) is 1.71. The Labute approximate surface area is 116 Å². The van der Waals surface area contributed by atoms with Crippen molar-refractivity contribution in [3.63, 3.8) is 0 Å². The number of benzene rings is 1. The molecule has 2 aromatic rings. The predicted molar refractivity (Wildman–Crippen MR) is 71.5 cm³/mol. The third kappa shape index (κ3) is 3.06. The van der Waals surface area contributed by atoms with Crippen LogP contribution in [0.3, 0.4) is 0 Å². The average molecular weight is 279 g/mol. The highest BCUT2D eigenvalue weighted by Gasteiger charge is 2.17. The van der Waals surface area contributed by atoms with E-state index >= 15 is 0 Å². The summed E-state index contributed by atoms with van der Waals surface area (Å²) in [6.45, 7) is 0.339. The van der Waals surface area contributed by atoms with Gasteiger partial charge in [-0.05, 0) is 25.1 Å². The second kappa shape index (κ2) is 6.36. The van der Waals surface area contributed by atoms with Crippen molar-refractivity contribution in [2.24, 2.45) is 5.73 Å². The van der Waals surface area contributed by atoms with Crippen LogP contribution in [0, 0.1) is 0 Å². The van der Waals surface area contributed by atoms with E-state index in [0.29, 0.717) is 35.9 Å². The largest absolute Gasteiger partial charge is 0.497 e. The van der Waals surface area contributed by atoms with Crippen LogP contribution < -0.4 is 15.2 Å². The molecule has 2 rings (SSSR count). The van der Waals surface area contributed by atoms with Crippen molar-refractivity contribution in [3.8, 4) is 22.9 Å². The lowest BCUT2D eigenvalue weighted by Crippen LogP contribution is -2.06. The van der Waals surface area contributed by atoms with Crippen molar-refractivity contribution in [3.05, 3.63) is 24.1 Å². The number of methoxy groups -OCH3 is 2. The first-order valence-electron chi connectivity index (χ1n) is 6.13. The minimum Gasteiger partial charge on any atom is -0.497 e. The SMILES string of the molecule is COc1cc(OC)cc(-c2noc([C@@H](O)CCN)n2)c1. The van der Waals surface area contributed by atoms with E-state index in [1.54, 1.807) is 32.4 Å². The van der Waals surface area contributed by atoms with Crippen molar-refractivity contribution in [2.45, 2.75) is 12.5 Å². The Morgan fingerprint density at radius 3 is 2.45 bits per heavy atom. The molecular weight excluding hydrogens is 262 g/mol. The standard InChI is InChI=1S/C13H17N3O4/c1-18-9-5-8(6-10(7-9)19-2)12-15-13(20-16-12)11(17)3-4-14/h5-7,11,17H,3-4,14H2,1-2H3/t11-/m0/s1. The highest BCUT2D eigenvalue weighted by molar-refractivity contribution is 5.60. The van der Waals surface area contributed by atoms with Crippen LogP contribution in [0.2, 0.25) is 0 Å².